The second-order valence-corrected chi connectivity index (χ2v) is 6.20. The van der Waals surface area contributed by atoms with E-state index in [9.17, 15) is 9.59 Å². The van der Waals surface area contributed by atoms with E-state index in [4.69, 9.17) is 10.8 Å². The van der Waals surface area contributed by atoms with Crippen LogP contribution in [0.3, 0.4) is 0 Å². The van der Waals surface area contributed by atoms with E-state index < -0.39 is 17.3 Å². The lowest BCUT2D eigenvalue weighted by molar-refractivity contribution is -0.142. The molecule has 116 valence electrons. The maximum absolute atomic E-state index is 12.4. The highest BCUT2D eigenvalue weighted by molar-refractivity contribution is 5.83. The van der Waals surface area contributed by atoms with Crippen LogP contribution < -0.4 is 11.1 Å². The molecule has 4 N–H and O–H groups in total. The van der Waals surface area contributed by atoms with Crippen molar-refractivity contribution in [3.05, 3.63) is 0 Å². The molecule has 0 aromatic heterocycles. The zero-order valence-corrected chi connectivity index (χ0v) is 12.7. The number of rotatable bonds is 7. The van der Waals surface area contributed by atoms with Crippen molar-refractivity contribution in [1.82, 2.24) is 5.32 Å². The standard InChI is InChI=1S/C15H28N2O3/c1-3-4-12(13(18)19)9-17-14(20)15(10-16)7-5-11(2)6-8-15/h11-12H,3-10,16H2,1-2H3,(H,17,20)(H,18,19). The molecular weight excluding hydrogens is 256 g/mol. The van der Waals surface area contributed by atoms with E-state index in [1.807, 2.05) is 6.92 Å². The van der Waals surface area contributed by atoms with Crippen molar-refractivity contribution in [3.8, 4) is 0 Å². The summed E-state index contributed by atoms with van der Waals surface area (Å²) in [4.78, 5) is 23.5. The molecule has 1 aliphatic rings. The number of hydrogen-bond acceptors (Lipinski definition) is 3. The number of carboxylic acid groups (broad SMARTS) is 1. The van der Waals surface area contributed by atoms with Crippen LogP contribution in [0.1, 0.15) is 52.4 Å². The summed E-state index contributed by atoms with van der Waals surface area (Å²) in [5, 5.41) is 11.9. The largest absolute Gasteiger partial charge is 0.481 e. The lowest BCUT2D eigenvalue weighted by Gasteiger charge is -2.37. The Labute approximate surface area is 121 Å². The molecule has 0 aliphatic heterocycles. The summed E-state index contributed by atoms with van der Waals surface area (Å²) >= 11 is 0. The quantitative estimate of drug-likeness (QED) is 0.664. The Balaban J connectivity index is 2.57. The molecule has 0 saturated heterocycles. The smallest absolute Gasteiger partial charge is 0.308 e. The number of carbonyl (C=O) groups excluding carboxylic acids is 1. The van der Waals surface area contributed by atoms with E-state index in [2.05, 4.69) is 12.2 Å². The van der Waals surface area contributed by atoms with Crippen LogP contribution in [0.5, 0.6) is 0 Å². The highest BCUT2D eigenvalue weighted by atomic mass is 16.4. The van der Waals surface area contributed by atoms with Gasteiger partial charge < -0.3 is 16.2 Å². The van der Waals surface area contributed by atoms with Gasteiger partial charge in [0.2, 0.25) is 5.91 Å². The molecule has 5 heteroatoms. The Morgan fingerprint density at radius 3 is 2.45 bits per heavy atom. The molecule has 0 heterocycles. The van der Waals surface area contributed by atoms with E-state index in [1.54, 1.807) is 0 Å². The van der Waals surface area contributed by atoms with E-state index in [0.717, 1.165) is 32.1 Å². The topological polar surface area (TPSA) is 92.4 Å². The molecule has 1 saturated carbocycles. The van der Waals surface area contributed by atoms with E-state index in [-0.39, 0.29) is 12.5 Å². The minimum Gasteiger partial charge on any atom is -0.481 e. The van der Waals surface area contributed by atoms with Gasteiger partial charge in [-0.3, -0.25) is 9.59 Å². The fourth-order valence-corrected chi connectivity index (χ4v) is 2.90. The van der Waals surface area contributed by atoms with Gasteiger partial charge in [0.1, 0.15) is 0 Å². The normalized spacial score (nSPS) is 27.9. The highest BCUT2D eigenvalue weighted by Gasteiger charge is 2.39. The minimum absolute atomic E-state index is 0.0609. The zero-order valence-electron chi connectivity index (χ0n) is 12.7. The third-order valence-electron chi connectivity index (χ3n) is 4.60. The van der Waals surface area contributed by atoms with Gasteiger partial charge in [-0.2, -0.15) is 0 Å². The van der Waals surface area contributed by atoms with E-state index in [1.165, 1.54) is 0 Å². The van der Waals surface area contributed by atoms with Crippen molar-refractivity contribution < 1.29 is 14.7 Å². The van der Waals surface area contributed by atoms with Crippen LogP contribution in [0.25, 0.3) is 0 Å². The fraction of sp³-hybridized carbons (Fsp3) is 0.867. The Hall–Kier alpha value is -1.10. The van der Waals surface area contributed by atoms with Crippen molar-refractivity contribution >= 4 is 11.9 Å². The zero-order chi connectivity index (χ0) is 15.2. The first-order valence-corrected chi connectivity index (χ1v) is 7.66. The van der Waals surface area contributed by atoms with Crippen molar-refractivity contribution in [2.75, 3.05) is 13.1 Å². The van der Waals surface area contributed by atoms with Gasteiger partial charge in [-0.1, -0.05) is 20.3 Å². The van der Waals surface area contributed by atoms with Crippen LogP contribution in [0.15, 0.2) is 0 Å². The molecule has 1 atom stereocenters. The summed E-state index contributed by atoms with van der Waals surface area (Å²) in [6, 6.07) is 0. The van der Waals surface area contributed by atoms with Gasteiger partial charge in [0, 0.05) is 13.1 Å². The average Bonchev–Trinajstić information content (AvgIpc) is 2.44. The molecule has 1 rings (SSSR count). The SMILES string of the molecule is CCCC(CNC(=O)C1(CN)CCC(C)CC1)C(=O)O. The Kier molecular flexibility index (Phi) is 6.46. The Bertz CT molecular complexity index is 336. The lowest BCUT2D eigenvalue weighted by atomic mass is 9.70. The predicted molar refractivity (Wildman–Crippen MR) is 78.2 cm³/mol. The monoisotopic (exact) mass is 284 g/mol. The highest BCUT2D eigenvalue weighted by Crippen LogP contribution is 2.38. The van der Waals surface area contributed by atoms with E-state index >= 15 is 0 Å². The molecular formula is C15H28N2O3. The van der Waals surface area contributed by atoms with Crippen molar-refractivity contribution in [3.63, 3.8) is 0 Å². The molecule has 1 amide bonds. The van der Waals surface area contributed by atoms with Gasteiger partial charge in [-0.25, -0.2) is 0 Å². The Morgan fingerprint density at radius 1 is 1.40 bits per heavy atom. The van der Waals surface area contributed by atoms with Crippen LogP contribution in [0.2, 0.25) is 0 Å². The third kappa shape index (κ3) is 4.20. The van der Waals surface area contributed by atoms with Crippen molar-refractivity contribution in [2.45, 2.75) is 52.4 Å². The summed E-state index contributed by atoms with van der Waals surface area (Å²) < 4.78 is 0. The number of amides is 1. The van der Waals surface area contributed by atoms with Crippen LogP contribution in [0.4, 0.5) is 0 Å². The third-order valence-corrected chi connectivity index (χ3v) is 4.60. The van der Waals surface area contributed by atoms with Gasteiger partial charge in [-0.15, -0.1) is 0 Å². The van der Waals surface area contributed by atoms with Crippen LogP contribution in [-0.4, -0.2) is 30.1 Å². The van der Waals surface area contributed by atoms with Crippen LogP contribution in [0, 0.1) is 17.3 Å². The van der Waals surface area contributed by atoms with Gasteiger partial charge >= 0.3 is 5.97 Å². The maximum atomic E-state index is 12.4. The molecule has 0 aromatic carbocycles. The summed E-state index contributed by atoms with van der Waals surface area (Å²) in [6.45, 7) is 4.69. The first-order chi connectivity index (χ1) is 9.45. The number of hydrogen-bond donors (Lipinski definition) is 3. The summed E-state index contributed by atoms with van der Waals surface area (Å²) in [5.41, 5.74) is 5.35. The molecule has 0 aromatic rings. The van der Waals surface area contributed by atoms with Crippen molar-refractivity contribution in [2.24, 2.45) is 23.0 Å². The molecule has 1 fully saturated rings. The predicted octanol–water partition coefficient (Wildman–Crippen LogP) is 1.76. The number of aliphatic carboxylic acids is 1. The van der Waals surface area contributed by atoms with Gasteiger partial charge in [0.15, 0.2) is 0 Å². The number of carboxylic acids is 1. The summed E-state index contributed by atoms with van der Waals surface area (Å²) in [5.74, 6) is -0.754. The molecule has 1 aliphatic carbocycles. The number of carbonyl (C=O) groups is 2. The molecule has 0 radical (unpaired) electrons. The molecule has 5 nitrogen and oxygen atoms in total. The second-order valence-electron chi connectivity index (χ2n) is 6.20. The van der Waals surface area contributed by atoms with E-state index in [0.29, 0.717) is 18.9 Å². The summed E-state index contributed by atoms with van der Waals surface area (Å²) in [6.07, 6.45) is 5.03. The van der Waals surface area contributed by atoms with Crippen molar-refractivity contribution in [1.29, 1.82) is 0 Å². The Morgan fingerprint density at radius 2 is 2.00 bits per heavy atom. The van der Waals surface area contributed by atoms with Crippen LogP contribution in [-0.2, 0) is 9.59 Å². The van der Waals surface area contributed by atoms with Crippen LogP contribution >= 0.6 is 0 Å². The molecule has 0 bridgehead atoms. The van der Waals surface area contributed by atoms with Gasteiger partial charge in [0.25, 0.3) is 0 Å². The number of nitrogens with two attached hydrogens (primary N) is 1. The average molecular weight is 284 g/mol. The fourth-order valence-electron chi connectivity index (χ4n) is 2.90. The summed E-state index contributed by atoms with van der Waals surface area (Å²) in [7, 11) is 0. The lowest BCUT2D eigenvalue weighted by Crippen LogP contribution is -2.49. The molecule has 0 spiro atoms. The second kappa shape index (κ2) is 7.62. The first kappa shape index (κ1) is 17.0. The molecule has 1 unspecified atom stereocenters. The molecule has 20 heavy (non-hydrogen) atoms. The minimum atomic E-state index is -0.841. The first-order valence-electron chi connectivity index (χ1n) is 7.66. The number of nitrogens with one attached hydrogen (secondary N) is 1. The van der Waals surface area contributed by atoms with Gasteiger partial charge in [-0.05, 0) is 38.0 Å². The maximum Gasteiger partial charge on any atom is 0.308 e. The van der Waals surface area contributed by atoms with Gasteiger partial charge in [0.05, 0.1) is 11.3 Å².